The molecule has 5 nitrogen and oxygen atoms in total. The van der Waals surface area contributed by atoms with Gasteiger partial charge in [0.2, 0.25) is 0 Å². The second-order valence-corrected chi connectivity index (χ2v) is 15.3. The molecule has 0 bridgehead atoms. The molecule has 6 heteroatoms. The van der Waals surface area contributed by atoms with E-state index in [4.69, 9.17) is 9.16 Å². The number of aliphatic hydroxyl groups excluding tert-OH is 1. The molecule has 0 aliphatic heterocycles. The largest absolute Gasteiger partial charge is 0.443 e. The molecular weight excluding hydrogens is 382 g/mol. The van der Waals surface area contributed by atoms with Crippen LogP contribution in [0.3, 0.4) is 0 Å². The molecule has 1 aromatic heterocycles. The van der Waals surface area contributed by atoms with Crippen LogP contribution >= 0.6 is 0 Å². The average molecular weight is 424 g/mol. The third kappa shape index (κ3) is 6.56. The highest BCUT2D eigenvalue weighted by molar-refractivity contribution is 6.74. The molecule has 29 heavy (non-hydrogen) atoms. The minimum atomic E-state index is -2.18. The molecule has 1 aromatic rings. The highest BCUT2D eigenvalue weighted by Gasteiger charge is 2.43. The lowest BCUT2D eigenvalue weighted by Gasteiger charge is -2.42. The Kier molecular flexibility index (Phi) is 8.13. The van der Waals surface area contributed by atoms with Crippen molar-refractivity contribution in [3.63, 3.8) is 0 Å². The Bertz CT molecular complexity index is 696. The van der Waals surface area contributed by atoms with E-state index in [9.17, 15) is 9.90 Å². The van der Waals surface area contributed by atoms with E-state index in [0.717, 1.165) is 0 Å². The van der Waals surface area contributed by atoms with Crippen LogP contribution in [0.1, 0.15) is 67.2 Å². The van der Waals surface area contributed by atoms with Crippen LogP contribution < -0.4 is 0 Å². The lowest BCUT2D eigenvalue weighted by atomic mass is 9.88. The zero-order valence-electron chi connectivity index (χ0n) is 19.9. The lowest BCUT2D eigenvalue weighted by molar-refractivity contribution is 0.00406. The van der Waals surface area contributed by atoms with Crippen molar-refractivity contribution >= 4 is 14.4 Å². The predicted molar refractivity (Wildman–Crippen MR) is 122 cm³/mol. The van der Waals surface area contributed by atoms with E-state index in [-0.39, 0.29) is 16.9 Å². The zero-order valence-corrected chi connectivity index (χ0v) is 20.9. The molecule has 0 saturated carbocycles. The molecule has 0 saturated heterocycles. The first-order chi connectivity index (χ1) is 13.0. The van der Waals surface area contributed by atoms with Crippen LogP contribution in [0.5, 0.6) is 0 Å². The quantitative estimate of drug-likeness (QED) is 0.422. The predicted octanol–water partition coefficient (Wildman–Crippen LogP) is 6.15. The van der Waals surface area contributed by atoms with Gasteiger partial charge in [0, 0.05) is 18.0 Å². The van der Waals surface area contributed by atoms with Gasteiger partial charge >= 0.3 is 6.09 Å². The average Bonchev–Trinajstić information content (AvgIpc) is 3.04. The third-order valence-electron chi connectivity index (χ3n) is 5.82. The number of aromatic nitrogens is 1. The Hall–Kier alpha value is -1.37. The summed E-state index contributed by atoms with van der Waals surface area (Å²) in [4.78, 5) is 12.8. The minimum absolute atomic E-state index is 0.0106. The van der Waals surface area contributed by atoms with Gasteiger partial charge in [0.15, 0.2) is 8.32 Å². The minimum Gasteiger partial charge on any atom is -0.443 e. The molecule has 1 heterocycles. The van der Waals surface area contributed by atoms with Crippen molar-refractivity contribution in [1.29, 1.82) is 0 Å². The normalized spacial score (nSPS) is 17.3. The second kappa shape index (κ2) is 9.19. The summed E-state index contributed by atoms with van der Waals surface area (Å²) >= 11 is 0. The maximum Gasteiger partial charge on any atom is 0.418 e. The fourth-order valence-electron chi connectivity index (χ4n) is 2.83. The van der Waals surface area contributed by atoms with E-state index >= 15 is 0 Å². The van der Waals surface area contributed by atoms with Crippen LogP contribution in [0.25, 0.3) is 0 Å². The molecular formula is C23H41NO4Si. The Morgan fingerprint density at radius 1 is 1.21 bits per heavy atom. The van der Waals surface area contributed by atoms with Crippen molar-refractivity contribution in [3.05, 3.63) is 36.7 Å². The Morgan fingerprint density at radius 3 is 2.21 bits per heavy atom. The third-order valence-corrected chi connectivity index (χ3v) is 10.3. The van der Waals surface area contributed by atoms with Crippen molar-refractivity contribution in [1.82, 2.24) is 4.57 Å². The van der Waals surface area contributed by atoms with Gasteiger partial charge in [-0.1, -0.05) is 40.7 Å². The number of aliphatic hydroxyl groups is 1. The smallest absolute Gasteiger partial charge is 0.418 e. The maximum absolute atomic E-state index is 12.8. The second-order valence-electron chi connectivity index (χ2n) is 10.5. The molecule has 0 amide bonds. The highest BCUT2D eigenvalue weighted by atomic mass is 28.4. The summed E-state index contributed by atoms with van der Waals surface area (Å²) < 4.78 is 13.8. The van der Waals surface area contributed by atoms with Crippen LogP contribution in [-0.2, 0) is 9.16 Å². The molecule has 1 N–H and O–H groups in total. The first kappa shape index (κ1) is 25.7. The number of carbonyl (C=O) groups is 1. The van der Waals surface area contributed by atoms with Gasteiger partial charge in [-0.2, -0.15) is 0 Å². The number of hydrogen-bond donors (Lipinski definition) is 1. The van der Waals surface area contributed by atoms with Crippen LogP contribution in [-0.4, -0.2) is 35.8 Å². The van der Waals surface area contributed by atoms with Gasteiger partial charge in [0.05, 0.1) is 17.9 Å². The van der Waals surface area contributed by atoms with Gasteiger partial charge in [0.1, 0.15) is 5.60 Å². The fourth-order valence-corrected chi connectivity index (χ4v) is 4.16. The summed E-state index contributed by atoms with van der Waals surface area (Å²) in [6.45, 7) is 24.1. The van der Waals surface area contributed by atoms with Crippen LogP contribution in [0, 0.1) is 11.8 Å². The van der Waals surface area contributed by atoms with Crippen molar-refractivity contribution < 1.29 is 19.1 Å². The SMILES string of the molecule is C=C[C@@H](C)[C@H](O)[C@@H](C)[C@H](O[Si](C)(C)C(C)(C)C)c1cccn1C(=O)OC(C)(C)C. The van der Waals surface area contributed by atoms with E-state index in [1.165, 1.54) is 4.57 Å². The molecule has 0 spiro atoms. The van der Waals surface area contributed by atoms with Gasteiger partial charge in [-0.3, -0.25) is 4.57 Å². The summed E-state index contributed by atoms with van der Waals surface area (Å²) in [6.07, 6.45) is 1.90. The van der Waals surface area contributed by atoms with Crippen molar-refractivity contribution in [2.75, 3.05) is 0 Å². The molecule has 0 radical (unpaired) electrons. The van der Waals surface area contributed by atoms with Crippen LogP contribution in [0.4, 0.5) is 4.79 Å². The molecule has 0 aliphatic rings. The summed E-state index contributed by atoms with van der Waals surface area (Å²) in [5, 5.41) is 10.9. The molecule has 0 unspecified atom stereocenters. The number of carbonyl (C=O) groups excluding carboxylic acids is 1. The maximum atomic E-state index is 12.8. The van der Waals surface area contributed by atoms with Crippen molar-refractivity contribution in [2.24, 2.45) is 11.8 Å². The van der Waals surface area contributed by atoms with E-state index in [1.807, 2.05) is 46.8 Å². The molecule has 166 valence electrons. The number of ether oxygens (including phenoxy) is 1. The Labute approximate surface area is 178 Å². The molecule has 4 atom stereocenters. The van der Waals surface area contributed by atoms with Gasteiger partial charge in [-0.25, -0.2) is 4.79 Å². The molecule has 0 aliphatic carbocycles. The van der Waals surface area contributed by atoms with E-state index < -0.39 is 32.2 Å². The van der Waals surface area contributed by atoms with Gasteiger partial charge in [0.25, 0.3) is 0 Å². The standard InChI is InChI=1S/C23H41NO4Si/c1-12-16(2)19(25)17(3)20(28-29(10,11)23(7,8)9)18-14-13-15-24(18)21(26)27-22(4,5)6/h12-17,19-20,25H,1H2,2-11H3/t16-,17-,19+,20+/m1/s1. The van der Waals surface area contributed by atoms with E-state index in [2.05, 4.69) is 40.4 Å². The first-order valence-corrected chi connectivity index (χ1v) is 13.3. The number of rotatable bonds is 7. The zero-order chi connectivity index (χ0) is 22.8. The summed E-state index contributed by atoms with van der Waals surface area (Å²) in [7, 11) is -2.18. The van der Waals surface area contributed by atoms with Gasteiger partial charge in [-0.15, -0.1) is 6.58 Å². The molecule has 1 rings (SSSR count). The van der Waals surface area contributed by atoms with Gasteiger partial charge in [-0.05, 0) is 51.0 Å². The lowest BCUT2D eigenvalue weighted by Crippen LogP contribution is -2.45. The monoisotopic (exact) mass is 423 g/mol. The van der Waals surface area contributed by atoms with Crippen LogP contribution in [0.2, 0.25) is 18.1 Å². The van der Waals surface area contributed by atoms with Crippen LogP contribution in [0.15, 0.2) is 31.0 Å². The Morgan fingerprint density at radius 2 is 1.76 bits per heavy atom. The fraction of sp³-hybridized carbons (Fsp3) is 0.696. The highest BCUT2D eigenvalue weighted by Crippen LogP contribution is 2.43. The molecule has 0 fully saturated rings. The Balaban J connectivity index is 3.41. The topological polar surface area (TPSA) is 60.7 Å². The van der Waals surface area contributed by atoms with E-state index in [1.54, 1.807) is 12.3 Å². The van der Waals surface area contributed by atoms with E-state index in [0.29, 0.717) is 5.69 Å². The van der Waals surface area contributed by atoms with Crippen molar-refractivity contribution in [2.45, 2.75) is 91.3 Å². The summed E-state index contributed by atoms with van der Waals surface area (Å²) in [6, 6.07) is 3.70. The summed E-state index contributed by atoms with van der Waals surface area (Å²) in [5.41, 5.74) is 0.101. The molecule has 0 aromatic carbocycles. The van der Waals surface area contributed by atoms with Gasteiger partial charge < -0.3 is 14.3 Å². The summed E-state index contributed by atoms with van der Waals surface area (Å²) in [5.74, 6) is -0.339. The number of nitrogens with zero attached hydrogens (tertiary/aromatic N) is 1. The first-order valence-electron chi connectivity index (χ1n) is 10.4. The number of hydrogen-bond acceptors (Lipinski definition) is 4. The van der Waals surface area contributed by atoms with Crippen molar-refractivity contribution in [3.8, 4) is 0 Å².